The van der Waals surface area contributed by atoms with E-state index in [0.717, 1.165) is 77.0 Å². The molecule has 0 aromatic carbocycles. The zero-order chi connectivity index (χ0) is 37.5. The molecule has 0 aromatic heterocycles. The quantitative estimate of drug-likeness (QED) is 0.0293. The number of carbonyl (C=O) groups excluding carboxylic acids is 2. The van der Waals surface area contributed by atoms with Gasteiger partial charge in [-0.1, -0.05) is 132 Å². The average Bonchev–Trinajstić information content (AvgIpc) is 3.10. The SMILES string of the molecule is CC/C=C\C/C=C\C/C=C\CCCCCC(=O)OC(COC(=O)CCCCCCCCC/C=C\C/C=C\CCCCCC)COP(=O)(O)OCC. The first-order valence-electron chi connectivity index (χ1n) is 20.1. The van der Waals surface area contributed by atoms with Crippen molar-refractivity contribution in [3.8, 4) is 0 Å². The number of rotatable bonds is 36. The highest BCUT2D eigenvalue weighted by molar-refractivity contribution is 7.47. The zero-order valence-corrected chi connectivity index (χ0v) is 33.4. The Morgan fingerprint density at radius 3 is 1.53 bits per heavy atom. The summed E-state index contributed by atoms with van der Waals surface area (Å²) in [5.74, 6) is -0.846. The van der Waals surface area contributed by atoms with Crippen LogP contribution in [0.5, 0.6) is 0 Å². The predicted molar refractivity (Wildman–Crippen MR) is 211 cm³/mol. The van der Waals surface area contributed by atoms with E-state index in [2.05, 4.69) is 74.6 Å². The van der Waals surface area contributed by atoms with Gasteiger partial charge in [0.15, 0.2) is 6.10 Å². The summed E-state index contributed by atoms with van der Waals surface area (Å²) >= 11 is 0. The second-order valence-corrected chi connectivity index (χ2v) is 14.4. The van der Waals surface area contributed by atoms with E-state index < -0.39 is 26.5 Å². The van der Waals surface area contributed by atoms with E-state index >= 15 is 0 Å². The molecule has 0 spiro atoms. The first-order valence-corrected chi connectivity index (χ1v) is 21.6. The minimum atomic E-state index is -4.29. The van der Waals surface area contributed by atoms with Crippen LogP contribution in [0.3, 0.4) is 0 Å². The molecule has 0 bridgehead atoms. The molecule has 0 aliphatic heterocycles. The Balaban J connectivity index is 4.16. The van der Waals surface area contributed by atoms with E-state index in [1.165, 1.54) is 51.4 Å². The number of ether oxygens (including phenoxy) is 2. The Kier molecular flexibility index (Phi) is 35.9. The summed E-state index contributed by atoms with van der Waals surface area (Å²) in [6, 6.07) is 0. The van der Waals surface area contributed by atoms with Crippen LogP contribution in [0.15, 0.2) is 60.8 Å². The third kappa shape index (κ3) is 37.3. The summed E-state index contributed by atoms with van der Waals surface area (Å²) < 4.78 is 32.5. The average molecular weight is 737 g/mol. The summed E-state index contributed by atoms with van der Waals surface area (Å²) in [5.41, 5.74) is 0. The largest absolute Gasteiger partial charge is 0.472 e. The fraction of sp³-hybridized carbons (Fsp3) is 0.714. The fourth-order valence-corrected chi connectivity index (χ4v) is 5.90. The van der Waals surface area contributed by atoms with Crippen molar-refractivity contribution in [1.82, 2.24) is 0 Å². The highest BCUT2D eigenvalue weighted by atomic mass is 31.2. The number of hydrogen-bond acceptors (Lipinski definition) is 7. The molecule has 8 nitrogen and oxygen atoms in total. The Bertz CT molecular complexity index is 1020. The van der Waals surface area contributed by atoms with Crippen molar-refractivity contribution in [2.45, 2.75) is 175 Å². The highest BCUT2D eigenvalue weighted by Gasteiger charge is 2.25. The van der Waals surface area contributed by atoms with Crippen LogP contribution in [0.4, 0.5) is 0 Å². The van der Waals surface area contributed by atoms with Crippen molar-refractivity contribution < 1.29 is 37.6 Å². The van der Waals surface area contributed by atoms with Gasteiger partial charge in [0.1, 0.15) is 6.61 Å². The number of allylic oxidation sites excluding steroid dienone is 10. The summed E-state index contributed by atoms with van der Waals surface area (Å²) in [6.45, 7) is 5.28. The van der Waals surface area contributed by atoms with Gasteiger partial charge in [0.25, 0.3) is 0 Å². The van der Waals surface area contributed by atoms with Gasteiger partial charge in [-0.05, 0) is 84.0 Å². The van der Waals surface area contributed by atoms with Gasteiger partial charge < -0.3 is 14.4 Å². The molecule has 2 atom stereocenters. The highest BCUT2D eigenvalue weighted by Crippen LogP contribution is 2.43. The van der Waals surface area contributed by atoms with Crippen LogP contribution in [-0.2, 0) is 32.7 Å². The Morgan fingerprint density at radius 2 is 1.00 bits per heavy atom. The molecule has 0 saturated carbocycles. The summed E-state index contributed by atoms with van der Waals surface area (Å²) in [6.07, 6.45) is 44.2. The normalized spacial score (nSPS) is 14.0. The molecule has 0 rings (SSSR count). The predicted octanol–water partition coefficient (Wildman–Crippen LogP) is 12.4. The lowest BCUT2D eigenvalue weighted by Gasteiger charge is -2.19. The first kappa shape index (κ1) is 48.8. The van der Waals surface area contributed by atoms with Crippen molar-refractivity contribution in [1.29, 1.82) is 0 Å². The molecule has 0 aliphatic carbocycles. The maximum Gasteiger partial charge on any atom is 0.472 e. The molecule has 0 saturated heterocycles. The number of esters is 2. The fourth-order valence-electron chi connectivity index (χ4n) is 5.14. The van der Waals surface area contributed by atoms with Crippen molar-refractivity contribution >= 4 is 19.8 Å². The summed E-state index contributed by atoms with van der Waals surface area (Å²) in [5, 5.41) is 0. The van der Waals surface area contributed by atoms with Crippen LogP contribution < -0.4 is 0 Å². The van der Waals surface area contributed by atoms with Crippen LogP contribution in [0, 0.1) is 0 Å². The number of carbonyl (C=O) groups is 2. The molecule has 2 unspecified atom stereocenters. The molecule has 0 aliphatic rings. The molecule has 294 valence electrons. The smallest absolute Gasteiger partial charge is 0.462 e. The lowest BCUT2D eigenvalue weighted by Crippen LogP contribution is -2.29. The molecule has 9 heteroatoms. The zero-order valence-electron chi connectivity index (χ0n) is 32.5. The van der Waals surface area contributed by atoms with E-state index in [1.54, 1.807) is 6.92 Å². The third-order valence-corrected chi connectivity index (χ3v) is 9.12. The minimum absolute atomic E-state index is 0.00942. The van der Waals surface area contributed by atoms with Gasteiger partial charge in [0.2, 0.25) is 0 Å². The molecule has 1 N–H and O–H groups in total. The van der Waals surface area contributed by atoms with Gasteiger partial charge in [0, 0.05) is 12.8 Å². The summed E-state index contributed by atoms with van der Waals surface area (Å²) in [4.78, 5) is 34.6. The number of phosphoric ester groups is 1. The van der Waals surface area contributed by atoms with E-state index in [0.29, 0.717) is 6.42 Å². The van der Waals surface area contributed by atoms with Crippen LogP contribution in [0.2, 0.25) is 0 Å². The van der Waals surface area contributed by atoms with Crippen LogP contribution in [-0.4, -0.2) is 42.8 Å². The second kappa shape index (κ2) is 37.5. The Morgan fingerprint density at radius 1 is 0.549 bits per heavy atom. The Labute approximate surface area is 311 Å². The molecular formula is C42H73O8P. The van der Waals surface area contributed by atoms with Gasteiger partial charge in [-0.25, -0.2) is 4.57 Å². The lowest BCUT2D eigenvalue weighted by molar-refractivity contribution is -0.161. The monoisotopic (exact) mass is 737 g/mol. The van der Waals surface area contributed by atoms with E-state index in [9.17, 15) is 19.0 Å². The van der Waals surface area contributed by atoms with Crippen LogP contribution in [0.25, 0.3) is 0 Å². The topological polar surface area (TPSA) is 108 Å². The van der Waals surface area contributed by atoms with Crippen LogP contribution >= 0.6 is 7.82 Å². The third-order valence-electron chi connectivity index (χ3n) is 8.06. The van der Waals surface area contributed by atoms with E-state index in [-0.39, 0.29) is 32.0 Å². The van der Waals surface area contributed by atoms with Crippen molar-refractivity contribution in [2.24, 2.45) is 0 Å². The van der Waals surface area contributed by atoms with Gasteiger partial charge in [-0.3, -0.25) is 18.6 Å². The summed E-state index contributed by atoms with van der Waals surface area (Å²) in [7, 11) is -4.29. The number of hydrogen-bond donors (Lipinski definition) is 1. The molecule has 0 heterocycles. The molecular weight excluding hydrogens is 663 g/mol. The lowest BCUT2D eigenvalue weighted by atomic mass is 10.1. The van der Waals surface area contributed by atoms with Gasteiger partial charge in [-0.2, -0.15) is 0 Å². The Hall–Kier alpha value is -2.25. The van der Waals surface area contributed by atoms with Gasteiger partial charge >= 0.3 is 19.8 Å². The maximum atomic E-state index is 12.5. The van der Waals surface area contributed by atoms with Gasteiger partial charge in [0.05, 0.1) is 13.2 Å². The van der Waals surface area contributed by atoms with E-state index in [4.69, 9.17) is 18.5 Å². The standard InChI is InChI=1S/C42H73O8P/c1-4-7-9-11-13-15-17-19-20-21-22-23-25-26-28-30-32-34-36-41(43)47-38-40(39-49-51(45,46)48-6-3)50-42(44)37-35-33-31-29-27-24-18-16-14-12-10-8-5-2/h8,10,14-17,20-21,24,27,40H,4-7,9,11-13,18-19,22-23,25-26,28-39H2,1-3H3,(H,45,46)/b10-8-,16-14-,17-15-,21-20-,27-24-. The molecule has 0 amide bonds. The van der Waals surface area contributed by atoms with Crippen molar-refractivity contribution in [2.75, 3.05) is 19.8 Å². The minimum Gasteiger partial charge on any atom is -0.462 e. The molecule has 0 radical (unpaired) electrons. The molecule has 0 fully saturated rings. The second-order valence-electron chi connectivity index (χ2n) is 12.9. The number of unbranched alkanes of at least 4 members (excludes halogenated alkanes) is 14. The van der Waals surface area contributed by atoms with Crippen molar-refractivity contribution in [3.63, 3.8) is 0 Å². The van der Waals surface area contributed by atoms with Crippen LogP contribution in [0.1, 0.15) is 168 Å². The van der Waals surface area contributed by atoms with Gasteiger partial charge in [-0.15, -0.1) is 0 Å². The van der Waals surface area contributed by atoms with Crippen molar-refractivity contribution in [3.05, 3.63) is 60.8 Å². The maximum absolute atomic E-state index is 12.5. The molecule has 51 heavy (non-hydrogen) atoms. The first-order chi connectivity index (χ1) is 24.8. The van der Waals surface area contributed by atoms with E-state index in [1.807, 2.05) is 0 Å². The molecule has 0 aromatic rings. The number of phosphoric acid groups is 1.